The first-order valence-electron chi connectivity index (χ1n) is 6.54. The van der Waals surface area contributed by atoms with Crippen LogP contribution in [0.1, 0.15) is 49.7 Å². The van der Waals surface area contributed by atoms with E-state index in [1.54, 1.807) is 7.11 Å². The molecule has 0 aromatic heterocycles. The number of benzene rings is 1. The van der Waals surface area contributed by atoms with Gasteiger partial charge in [0.05, 0.1) is 0 Å². The number of rotatable bonds is 6. The van der Waals surface area contributed by atoms with Gasteiger partial charge in [0.1, 0.15) is 5.75 Å². The van der Waals surface area contributed by atoms with Gasteiger partial charge in [0, 0.05) is 13.5 Å². The molecule has 1 unspecified atom stereocenters. The van der Waals surface area contributed by atoms with E-state index in [0.717, 1.165) is 24.5 Å². The standard InChI is InChI=1S/C15H22O2/c1-4-5-15(16-3)17-13-8-9-14(11(2)10-13)12-6-7-12/h8-10,12,15H,4-7H2,1-3H3. The Morgan fingerprint density at radius 2 is 2.12 bits per heavy atom. The van der Waals surface area contributed by atoms with Crippen molar-refractivity contribution >= 4 is 0 Å². The van der Waals surface area contributed by atoms with Crippen molar-refractivity contribution in [2.45, 2.75) is 51.7 Å². The van der Waals surface area contributed by atoms with Gasteiger partial charge in [0.25, 0.3) is 0 Å². The van der Waals surface area contributed by atoms with Crippen molar-refractivity contribution in [1.29, 1.82) is 0 Å². The highest BCUT2D eigenvalue weighted by Gasteiger charge is 2.25. The minimum Gasteiger partial charge on any atom is -0.465 e. The van der Waals surface area contributed by atoms with E-state index in [9.17, 15) is 0 Å². The summed E-state index contributed by atoms with van der Waals surface area (Å²) in [6.45, 7) is 4.30. The van der Waals surface area contributed by atoms with E-state index in [2.05, 4.69) is 32.0 Å². The van der Waals surface area contributed by atoms with Crippen LogP contribution in [-0.4, -0.2) is 13.4 Å². The maximum Gasteiger partial charge on any atom is 0.199 e. The summed E-state index contributed by atoms with van der Waals surface area (Å²) in [6.07, 6.45) is 4.57. The summed E-state index contributed by atoms with van der Waals surface area (Å²) in [7, 11) is 1.70. The Hall–Kier alpha value is -1.02. The van der Waals surface area contributed by atoms with Gasteiger partial charge in [-0.25, -0.2) is 0 Å². The van der Waals surface area contributed by atoms with Crippen LogP contribution in [0.15, 0.2) is 18.2 Å². The Morgan fingerprint density at radius 3 is 2.65 bits per heavy atom. The normalized spacial score (nSPS) is 16.9. The lowest BCUT2D eigenvalue weighted by Gasteiger charge is -2.17. The molecule has 1 saturated carbocycles. The first kappa shape index (κ1) is 12.4. The molecule has 94 valence electrons. The number of ether oxygens (including phenoxy) is 2. The van der Waals surface area contributed by atoms with Crippen LogP contribution < -0.4 is 4.74 Å². The molecule has 17 heavy (non-hydrogen) atoms. The van der Waals surface area contributed by atoms with Gasteiger partial charge in [-0.15, -0.1) is 0 Å². The minimum atomic E-state index is -0.119. The third kappa shape index (κ3) is 3.22. The monoisotopic (exact) mass is 234 g/mol. The molecular weight excluding hydrogens is 212 g/mol. The fraction of sp³-hybridized carbons (Fsp3) is 0.600. The van der Waals surface area contributed by atoms with Crippen molar-refractivity contribution in [2.75, 3.05) is 7.11 Å². The molecule has 0 saturated heterocycles. The van der Waals surface area contributed by atoms with Crippen molar-refractivity contribution in [3.8, 4) is 5.75 Å². The predicted octanol–water partition coefficient (Wildman–Crippen LogP) is 4.02. The van der Waals surface area contributed by atoms with Crippen LogP contribution in [0, 0.1) is 6.92 Å². The number of aryl methyl sites for hydroxylation is 1. The second-order valence-electron chi connectivity index (χ2n) is 4.86. The lowest BCUT2D eigenvalue weighted by molar-refractivity contribution is -0.0584. The molecule has 0 heterocycles. The van der Waals surface area contributed by atoms with Gasteiger partial charge in [0.2, 0.25) is 0 Å². The second-order valence-corrected chi connectivity index (χ2v) is 4.86. The van der Waals surface area contributed by atoms with Crippen molar-refractivity contribution in [3.05, 3.63) is 29.3 Å². The number of methoxy groups -OCH3 is 1. The average Bonchev–Trinajstić information content (AvgIpc) is 3.12. The van der Waals surface area contributed by atoms with Gasteiger partial charge in [-0.3, -0.25) is 0 Å². The van der Waals surface area contributed by atoms with Crippen LogP contribution in [0.5, 0.6) is 5.75 Å². The zero-order valence-electron chi connectivity index (χ0n) is 11.0. The van der Waals surface area contributed by atoms with Gasteiger partial charge >= 0.3 is 0 Å². The molecule has 1 aromatic carbocycles. The summed E-state index contributed by atoms with van der Waals surface area (Å²) in [6, 6.07) is 6.42. The lowest BCUT2D eigenvalue weighted by atomic mass is 10.0. The van der Waals surface area contributed by atoms with E-state index >= 15 is 0 Å². The van der Waals surface area contributed by atoms with Crippen molar-refractivity contribution in [2.24, 2.45) is 0 Å². The molecule has 0 radical (unpaired) electrons. The molecule has 2 nitrogen and oxygen atoms in total. The Balaban J connectivity index is 2.03. The van der Waals surface area contributed by atoms with E-state index in [4.69, 9.17) is 9.47 Å². The quantitative estimate of drug-likeness (QED) is 0.692. The van der Waals surface area contributed by atoms with Crippen LogP contribution >= 0.6 is 0 Å². The van der Waals surface area contributed by atoms with Crippen molar-refractivity contribution in [1.82, 2.24) is 0 Å². The third-order valence-corrected chi connectivity index (χ3v) is 3.31. The van der Waals surface area contributed by atoms with E-state index in [0.29, 0.717) is 0 Å². The molecule has 1 atom stereocenters. The zero-order valence-corrected chi connectivity index (χ0v) is 11.0. The number of hydrogen-bond donors (Lipinski definition) is 0. The first-order chi connectivity index (χ1) is 8.24. The molecule has 0 bridgehead atoms. The Kier molecular flexibility index (Phi) is 4.06. The van der Waals surface area contributed by atoms with Gasteiger partial charge < -0.3 is 9.47 Å². The lowest BCUT2D eigenvalue weighted by Crippen LogP contribution is -2.18. The zero-order chi connectivity index (χ0) is 12.3. The molecule has 0 N–H and O–H groups in total. The van der Waals surface area contributed by atoms with Gasteiger partial charge in [-0.1, -0.05) is 19.4 Å². The summed E-state index contributed by atoms with van der Waals surface area (Å²) in [5, 5.41) is 0. The van der Waals surface area contributed by atoms with Gasteiger partial charge in [-0.2, -0.15) is 0 Å². The maximum atomic E-state index is 5.82. The SMILES string of the molecule is CCCC(OC)Oc1ccc(C2CC2)c(C)c1. The second kappa shape index (κ2) is 5.54. The maximum absolute atomic E-state index is 5.82. The molecule has 0 spiro atoms. The molecule has 1 aromatic rings. The van der Waals surface area contributed by atoms with E-state index < -0.39 is 0 Å². The van der Waals surface area contributed by atoms with Crippen LogP contribution in [-0.2, 0) is 4.74 Å². The predicted molar refractivity (Wildman–Crippen MR) is 69.5 cm³/mol. The summed E-state index contributed by atoms with van der Waals surface area (Å²) in [5.41, 5.74) is 2.83. The highest BCUT2D eigenvalue weighted by Crippen LogP contribution is 2.42. The van der Waals surface area contributed by atoms with Gasteiger partial charge in [-0.05, 0) is 48.9 Å². The fourth-order valence-electron chi connectivity index (χ4n) is 2.19. The Bertz CT molecular complexity index is 369. The summed E-state index contributed by atoms with van der Waals surface area (Å²) in [5.74, 6) is 1.73. The van der Waals surface area contributed by atoms with Crippen molar-refractivity contribution < 1.29 is 9.47 Å². The van der Waals surface area contributed by atoms with Crippen LogP contribution in [0.3, 0.4) is 0 Å². The van der Waals surface area contributed by atoms with Crippen LogP contribution in [0.25, 0.3) is 0 Å². The summed E-state index contributed by atoms with van der Waals surface area (Å²) in [4.78, 5) is 0. The Labute approximate surface area is 104 Å². The summed E-state index contributed by atoms with van der Waals surface area (Å²) < 4.78 is 11.1. The molecule has 0 amide bonds. The highest BCUT2D eigenvalue weighted by atomic mass is 16.7. The molecule has 2 heteroatoms. The first-order valence-corrected chi connectivity index (χ1v) is 6.54. The Morgan fingerprint density at radius 1 is 1.35 bits per heavy atom. The highest BCUT2D eigenvalue weighted by molar-refractivity contribution is 5.38. The molecule has 1 fully saturated rings. The molecule has 1 aliphatic carbocycles. The summed E-state index contributed by atoms with van der Waals surface area (Å²) >= 11 is 0. The van der Waals surface area contributed by atoms with Gasteiger partial charge in [0.15, 0.2) is 6.29 Å². The van der Waals surface area contributed by atoms with Crippen molar-refractivity contribution in [3.63, 3.8) is 0 Å². The number of hydrogen-bond acceptors (Lipinski definition) is 2. The smallest absolute Gasteiger partial charge is 0.199 e. The van der Waals surface area contributed by atoms with E-state index in [1.165, 1.54) is 24.0 Å². The molecule has 1 aliphatic rings. The average molecular weight is 234 g/mol. The third-order valence-electron chi connectivity index (χ3n) is 3.31. The van der Waals surface area contributed by atoms with Crippen LogP contribution in [0.2, 0.25) is 0 Å². The topological polar surface area (TPSA) is 18.5 Å². The largest absolute Gasteiger partial charge is 0.465 e. The molecule has 2 rings (SSSR count). The molecular formula is C15H22O2. The van der Waals surface area contributed by atoms with E-state index in [1.807, 2.05) is 0 Å². The minimum absolute atomic E-state index is 0.119. The molecule has 0 aliphatic heterocycles. The van der Waals surface area contributed by atoms with Crippen LogP contribution in [0.4, 0.5) is 0 Å². The fourth-order valence-corrected chi connectivity index (χ4v) is 2.19. The van der Waals surface area contributed by atoms with E-state index in [-0.39, 0.29) is 6.29 Å².